The maximum absolute atomic E-state index is 5.63. The van der Waals surface area contributed by atoms with Crippen LogP contribution in [0.25, 0.3) is 11.3 Å². The highest BCUT2D eigenvalue weighted by molar-refractivity contribution is 5.69. The molecule has 0 bridgehead atoms. The van der Waals surface area contributed by atoms with Crippen LogP contribution in [0.3, 0.4) is 0 Å². The summed E-state index contributed by atoms with van der Waals surface area (Å²) in [6.07, 6.45) is 0.768. The standard InChI is InChI=1S/C14H18N2O2/c1-5-11-13(16-14(15)18-11)10-6-7-12(17-4)9(3)8(10)2/h6-7H,5H2,1-4H3,(H2,15,16). The van der Waals surface area contributed by atoms with Crippen LogP contribution in [0.4, 0.5) is 6.01 Å². The zero-order chi connectivity index (χ0) is 13.3. The van der Waals surface area contributed by atoms with E-state index in [0.717, 1.165) is 40.3 Å². The van der Waals surface area contributed by atoms with E-state index in [0.29, 0.717) is 0 Å². The Labute approximate surface area is 107 Å². The number of oxazole rings is 1. The molecule has 0 aliphatic heterocycles. The van der Waals surface area contributed by atoms with Gasteiger partial charge in [-0.1, -0.05) is 6.92 Å². The summed E-state index contributed by atoms with van der Waals surface area (Å²) in [5, 5.41) is 0. The first-order valence-electron chi connectivity index (χ1n) is 5.98. The Morgan fingerprint density at radius 1 is 1.28 bits per heavy atom. The topological polar surface area (TPSA) is 61.3 Å². The molecule has 0 spiro atoms. The first kappa shape index (κ1) is 12.5. The number of aromatic nitrogens is 1. The van der Waals surface area contributed by atoms with Crippen LogP contribution in [0.15, 0.2) is 16.5 Å². The van der Waals surface area contributed by atoms with Crippen LogP contribution in [0.1, 0.15) is 23.8 Å². The molecule has 2 N–H and O–H groups in total. The van der Waals surface area contributed by atoms with E-state index < -0.39 is 0 Å². The fourth-order valence-corrected chi connectivity index (χ4v) is 2.09. The third kappa shape index (κ3) is 1.94. The Balaban J connectivity index is 2.61. The van der Waals surface area contributed by atoms with Crippen molar-refractivity contribution >= 4 is 6.01 Å². The molecule has 18 heavy (non-hydrogen) atoms. The Kier molecular flexibility index (Phi) is 3.28. The number of nitrogens with zero attached hydrogens (tertiary/aromatic N) is 1. The molecule has 1 aromatic carbocycles. The van der Waals surface area contributed by atoms with Gasteiger partial charge in [0, 0.05) is 12.0 Å². The average molecular weight is 246 g/mol. The summed E-state index contributed by atoms with van der Waals surface area (Å²) in [5.74, 6) is 1.70. The van der Waals surface area contributed by atoms with Gasteiger partial charge in [0.25, 0.3) is 6.01 Å². The van der Waals surface area contributed by atoms with Crippen molar-refractivity contribution in [2.24, 2.45) is 0 Å². The molecule has 1 heterocycles. The molecule has 4 heteroatoms. The lowest BCUT2D eigenvalue weighted by molar-refractivity contribution is 0.411. The molecule has 2 rings (SSSR count). The van der Waals surface area contributed by atoms with Crippen LogP contribution < -0.4 is 10.5 Å². The zero-order valence-corrected chi connectivity index (χ0v) is 11.2. The lowest BCUT2D eigenvalue weighted by Gasteiger charge is -2.11. The van der Waals surface area contributed by atoms with Crippen molar-refractivity contribution in [1.82, 2.24) is 4.98 Å². The molecule has 4 nitrogen and oxygen atoms in total. The quantitative estimate of drug-likeness (QED) is 0.903. The summed E-state index contributed by atoms with van der Waals surface area (Å²) in [5.41, 5.74) is 9.76. The Morgan fingerprint density at radius 3 is 2.61 bits per heavy atom. The highest BCUT2D eigenvalue weighted by atomic mass is 16.5. The molecule has 0 atom stereocenters. The van der Waals surface area contributed by atoms with Gasteiger partial charge in [0.05, 0.1) is 7.11 Å². The van der Waals surface area contributed by atoms with Gasteiger partial charge in [-0.05, 0) is 37.1 Å². The van der Waals surface area contributed by atoms with E-state index in [4.69, 9.17) is 14.9 Å². The molecule has 0 aliphatic rings. The summed E-state index contributed by atoms with van der Waals surface area (Å²) in [6.45, 7) is 6.11. The minimum atomic E-state index is 0.217. The Bertz CT molecular complexity index is 573. The van der Waals surface area contributed by atoms with Gasteiger partial charge in [0.2, 0.25) is 0 Å². The van der Waals surface area contributed by atoms with E-state index in [2.05, 4.69) is 11.9 Å². The van der Waals surface area contributed by atoms with Crippen molar-refractivity contribution in [3.05, 3.63) is 29.0 Å². The Hall–Kier alpha value is -1.97. The molecule has 96 valence electrons. The van der Waals surface area contributed by atoms with Crippen LogP contribution in [0.2, 0.25) is 0 Å². The number of nitrogens with two attached hydrogens (primary N) is 1. The third-order valence-electron chi connectivity index (χ3n) is 3.25. The van der Waals surface area contributed by atoms with Gasteiger partial charge in [-0.3, -0.25) is 0 Å². The maximum Gasteiger partial charge on any atom is 0.292 e. The summed E-state index contributed by atoms with van der Waals surface area (Å²) >= 11 is 0. The van der Waals surface area contributed by atoms with Gasteiger partial charge in [-0.25, -0.2) is 0 Å². The van der Waals surface area contributed by atoms with E-state index in [1.165, 1.54) is 0 Å². The number of hydrogen-bond acceptors (Lipinski definition) is 4. The summed E-state index contributed by atoms with van der Waals surface area (Å²) < 4.78 is 10.7. The molecule has 1 aromatic heterocycles. The number of ether oxygens (including phenoxy) is 1. The van der Waals surface area contributed by atoms with Crippen molar-refractivity contribution in [1.29, 1.82) is 0 Å². The van der Waals surface area contributed by atoms with Gasteiger partial charge in [-0.2, -0.15) is 4.98 Å². The predicted octanol–water partition coefficient (Wildman–Crippen LogP) is 3.11. The van der Waals surface area contributed by atoms with E-state index >= 15 is 0 Å². The first-order chi connectivity index (χ1) is 8.58. The lowest BCUT2D eigenvalue weighted by atomic mass is 9.99. The molecular formula is C14H18N2O2. The summed E-state index contributed by atoms with van der Waals surface area (Å²) in [6, 6.07) is 4.16. The molecule has 2 aromatic rings. The van der Waals surface area contributed by atoms with Crippen LogP contribution in [-0.4, -0.2) is 12.1 Å². The minimum absolute atomic E-state index is 0.217. The van der Waals surface area contributed by atoms with E-state index in [-0.39, 0.29) is 6.01 Å². The van der Waals surface area contributed by atoms with Crippen molar-refractivity contribution in [2.45, 2.75) is 27.2 Å². The van der Waals surface area contributed by atoms with Gasteiger partial charge in [0.15, 0.2) is 0 Å². The number of rotatable bonds is 3. The van der Waals surface area contributed by atoms with Gasteiger partial charge in [0.1, 0.15) is 17.2 Å². The van der Waals surface area contributed by atoms with E-state index in [9.17, 15) is 0 Å². The number of hydrogen-bond donors (Lipinski definition) is 1. The third-order valence-corrected chi connectivity index (χ3v) is 3.25. The largest absolute Gasteiger partial charge is 0.496 e. The maximum atomic E-state index is 5.63. The highest BCUT2D eigenvalue weighted by Gasteiger charge is 2.16. The van der Waals surface area contributed by atoms with Crippen LogP contribution in [-0.2, 0) is 6.42 Å². The van der Waals surface area contributed by atoms with Crippen molar-refractivity contribution in [2.75, 3.05) is 12.8 Å². The second-order valence-corrected chi connectivity index (χ2v) is 4.24. The SMILES string of the molecule is CCc1oc(N)nc1-c1ccc(OC)c(C)c1C. The van der Waals surface area contributed by atoms with E-state index in [1.54, 1.807) is 7.11 Å². The average Bonchev–Trinajstić information content (AvgIpc) is 2.73. The number of nitrogen functional groups attached to an aromatic ring is 1. The predicted molar refractivity (Wildman–Crippen MR) is 71.8 cm³/mol. The Morgan fingerprint density at radius 2 is 2.00 bits per heavy atom. The van der Waals surface area contributed by atoms with Crippen LogP contribution >= 0.6 is 0 Å². The van der Waals surface area contributed by atoms with Crippen molar-refractivity contribution < 1.29 is 9.15 Å². The number of benzene rings is 1. The smallest absolute Gasteiger partial charge is 0.292 e. The fourth-order valence-electron chi connectivity index (χ4n) is 2.09. The monoisotopic (exact) mass is 246 g/mol. The fraction of sp³-hybridized carbons (Fsp3) is 0.357. The van der Waals surface area contributed by atoms with Crippen LogP contribution in [0, 0.1) is 13.8 Å². The minimum Gasteiger partial charge on any atom is -0.496 e. The molecule has 0 amide bonds. The highest BCUT2D eigenvalue weighted by Crippen LogP contribution is 2.33. The molecule has 0 fully saturated rings. The van der Waals surface area contributed by atoms with Gasteiger partial charge < -0.3 is 14.9 Å². The molecule has 0 saturated carbocycles. The second-order valence-electron chi connectivity index (χ2n) is 4.24. The molecule has 0 saturated heterocycles. The summed E-state index contributed by atoms with van der Waals surface area (Å²) in [7, 11) is 1.67. The lowest BCUT2D eigenvalue weighted by Crippen LogP contribution is -1.94. The molecule has 0 radical (unpaired) electrons. The van der Waals surface area contributed by atoms with Crippen molar-refractivity contribution in [3.8, 4) is 17.0 Å². The van der Waals surface area contributed by atoms with E-state index in [1.807, 2.05) is 26.0 Å². The second kappa shape index (κ2) is 4.72. The summed E-state index contributed by atoms with van der Waals surface area (Å²) in [4.78, 5) is 4.28. The first-order valence-corrected chi connectivity index (χ1v) is 5.98. The van der Waals surface area contributed by atoms with Crippen LogP contribution in [0.5, 0.6) is 5.75 Å². The molecule has 0 unspecified atom stereocenters. The zero-order valence-electron chi connectivity index (χ0n) is 11.2. The van der Waals surface area contributed by atoms with Crippen molar-refractivity contribution in [3.63, 3.8) is 0 Å². The molecular weight excluding hydrogens is 228 g/mol. The van der Waals surface area contributed by atoms with Gasteiger partial charge in [-0.15, -0.1) is 0 Å². The number of methoxy groups -OCH3 is 1. The van der Waals surface area contributed by atoms with Gasteiger partial charge >= 0.3 is 0 Å². The molecule has 0 aliphatic carbocycles. The normalized spacial score (nSPS) is 10.7. The number of anilines is 1. The number of aryl methyl sites for hydroxylation is 1.